The van der Waals surface area contributed by atoms with E-state index in [2.05, 4.69) is 46.0 Å². The second kappa shape index (κ2) is 9.49. The summed E-state index contributed by atoms with van der Waals surface area (Å²) < 4.78 is 1.95. The van der Waals surface area contributed by atoms with Crippen LogP contribution in [-0.2, 0) is 6.54 Å². The van der Waals surface area contributed by atoms with Gasteiger partial charge in [-0.3, -0.25) is 15.1 Å². The molecule has 5 nitrogen and oxygen atoms in total. The normalized spacial score (nSPS) is 18.4. The molecule has 162 valence electrons. The standard InChI is InChI=1S/C26H26N4OS/c31-25(24-11-6-16-30(24)17-19-12-14-27-15-13-19)29-26-28-23(18-32-26)22-10-5-4-9-21(22)20-7-2-1-3-8-20/h1-3,6-8,11-16,18,21-22H,4-5,9-10,17H2,(H,28,29,31)/t21-,22-/m1/s1. The van der Waals surface area contributed by atoms with E-state index in [-0.39, 0.29) is 5.91 Å². The van der Waals surface area contributed by atoms with Gasteiger partial charge in [-0.15, -0.1) is 11.3 Å². The van der Waals surface area contributed by atoms with Crippen molar-refractivity contribution in [2.24, 2.45) is 0 Å². The highest BCUT2D eigenvalue weighted by Crippen LogP contribution is 2.44. The van der Waals surface area contributed by atoms with Gasteiger partial charge in [0, 0.05) is 36.4 Å². The van der Waals surface area contributed by atoms with Crippen LogP contribution < -0.4 is 5.32 Å². The van der Waals surface area contributed by atoms with E-state index in [0.717, 1.165) is 17.7 Å². The Balaban J connectivity index is 1.30. The minimum atomic E-state index is -0.131. The summed E-state index contributed by atoms with van der Waals surface area (Å²) in [7, 11) is 0. The summed E-state index contributed by atoms with van der Waals surface area (Å²) >= 11 is 1.52. The molecule has 1 saturated carbocycles. The third kappa shape index (κ3) is 4.50. The predicted molar refractivity (Wildman–Crippen MR) is 128 cm³/mol. The average Bonchev–Trinajstić information content (AvgIpc) is 3.50. The minimum Gasteiger partial charge on any atom is -0.339 e. The third-order valence-corrected chi connectivity index (χ3v) is 7.06. The van der Waals surface area contributed by atoms with Gasteiger partial charge in [-0.25, -0.2) is 4.98 Å². The number of hydrogen-bond acceptors (Lipinski definition) is 4. The van der Waals surface area contributed by atoms with Crippen LogP contribution in [0.3, 0.4) is 0 Å². The highest BCUT2D eigenvalue weighted by molar-refractivity contribution is 7.14. The Morgan fingerprint density at radius 3 is 2.59 bits per heavy atom. The van der Waals surface area contributed by atoms with Crippen molar-refractivity contribution in [2.45, 2.75) is 44.1 Å². The summed E-state index contributed by atoms with van der Waals surface area (Å²) in [6, 6.07) is 18.4. The smallest absolute Gasteiger partial charge is 0.274 e. The first-order valence-electron chi connectivity index (χ1n) is 11.1. The number of carbonyl (C=O) groups excluding carboxylic acids is 1. The molecule has 2 atom stereocenters. The Bertz CT molecular complexity index is 1170. The second-order valence-electron chi connectivity index (χ2n) is 8.32. The van der Waals surface area contributed by atoms with Gasteiger partial charge < -0.3 is 4.57 Å². The van der Waals surface area contributed by atoms with Gasteiger partial charge in [-0.05, 0) is 54.2 Å². The molecule has 0 saturated heterocycles. The predicted octanol–water partition coefficient (Wildman–Crippen LogP) is 6.08. The molecule has 1 N–H and O–H groups in total. The number of anilines is 1. The molecule has 6 heteroatoms. The highest BCUT2D eigenvalue weighted by atomic mass is 32.1. The van der Waals surface area contributed by atoms with E-state index in [0.29, 0.717) is 29.2 Å². The number of benzene rings is 1. The molecule has 0 unspecified atom stereocenters. The van der Waals surface area contributed by atoms with Crippen molar-refractivity contribution in [1.29, 1.82) is 0 Å². The highest BCUT2D eigenvalue weighted by Gasteiger charge is 2.29. The van der Waals surface area contributed by atoms with Gasteiger partial charge in [0.15, 0.2) is 5.13 Å². The Kier molecular flexibility index (Phi) is 6.12. The zero-order valence-corrected chi connectivity index (χ0v) is 18.7. The monoisotopic (exact) mass is 442 g/mol. The molecule has 0 aliphatic heterocycles. The van der Waals surface area contributed by atoms with Crippen LogP contribution in [0.25, 0.3) is 0 Å². The molecule has 1 fully saturated rings. The van der Waals surface area contributed by atoms with Gasteiger partial charge in [0.2, 0.25) is 0 Å². The molecular formula is C26H26N4OS. The van der Waals surface area contributed by atoms with Gasteiger partial charge in [0.05, 0.1) is 5.69 Å². The third-order valence-electron chi connectivity index (χ3n) is 6.28. The topological polar surface area (TPSA) is 59.8 Å². The molecule has 3 heterocycles. The van der Waals surface area contributed by atoms with Crippen LogP contribution in [-0.4, -0.2) is 20.4 Å². The fourth-order valence-electron chi connectivity index (χ4n) is 4.70. The first kappa shape index (κ1) is 20.6. The van der Waals surface area contributed by atoms with Crippen LogP contribution in [0.4, 0.5) is 5.13 Å². The molecule has 3 aromatic heterocycles. The molecule has 1 aromatic carbocycles. The van der Waals surface area contributed by atoms with E-state index >= 15 is 0 Å². The van der Waals surface area contributed by atoms with Crippen molar-refractivity contribution in [3.05, 3.63) is 101 Å². The summed E-state index contributed by atoms with van der Waals surface area (Å²) in [5.74, 6) is 0.769. The lowest BCUT2D eigenvalue weighted by Crippen LogP contribution is -2.18. The van der Waals surface area contributed by atoms with E-state index in [9.17, 15) is 4.79 Å². The molecule has 0 bridgehead atoms. The van der Waals surface area contributed by atoms with Crippen LogP contribution in [0.1, 0.15) is 64.8 Å². The molecule has 1 aliphatic rings. The van der Waals surface area contributed by atoms with E-state index in [4.69, 9.17) is 4.98 Å². The quantitative estimate of drug-likeness (QED) is 0.394. The number of pyridine rings is 1. The summed E-state index contributed by atoms with van der Waals surface area (Å²) in [4.78, 5) is 21.9. The number of thiazole rings is 1. The Morgan fingerprint density at radius 1 is 1.00 bits per heavy atom. The molecule has 4 aromatic rings. The number of nitrogens with zero attached hydrogens (tertiary/aromatic N) is 3. The largest absolute Gasteiger partial charge is 0.339 e. The summed E-state index contributed by atoms with van der Waals surface area (Å²) in [5, 5.41) is 5.81. The summed E-state index contributed by atoms with van der Waals surface area (Å²) in [5.41, 5.74) is 4.22. The van der Waals surface area contributed by atoms with Crippen LogP contribution in [0.5, 0.6) is 0 Å². The molecule has 1 amide bonds. The zero-order chi connectivity index (χ0) is 21.8. The Morgan fingerprint density at radius 2 is 1.78 bits per heavy atom. The van der Waals surface area contributed by atoms with Gasteiger partial charge in [0.1, 0.15) is 5.69 Å². The number of amides is 1. The van der Waals surface area contributed by atoms with E-state index < -0.39 is 0 Å². The van der Waals surface area contributed by atoms with E-state index in [1.54, 1.807) is 12.4 Å². The molecule has 1 aliphatic carbocycles. The van der Waals surface area contributed by atoms with Crippen molar-refractivity contribution in [3.63, 3.8) is 0 Å². The number of aromatic nitrogens is 3. The van der Waals surface area contributed by atoms with Crippen LogP contribution >= 0.6 is 11.3 Å². The molecule has 5 rings (SSSR count). The Hall–Kier alpha value is -3.25. The first-order valence-corrected chi connectivity index (χ1v) is 12.0. The maximum Gasteiger partial charge on any atom is 0.274 e. The lowest BCUT2D eigenvalue weighted by molar-refractivity contribution is 0.101. The van der Waals surface area contributed by atoms with Crippen molar-refractivity contribution < 1.29 is 4.79 Å². The summed E-state index contributed by atoms with van der Waals surface area (Å²) in [6.07, 6.45) is 10.3. The fraction of sp³-hybridized carbons (Fsp3) is 0.269. The molecule has 32 heavy (non-hydrogen) atoms. The molecule has 0 spiro atoms. The summed E-state index contributed by atoms with van der Waals surface area (Å²) in [6.45, 7) is 0.627. The number of nitrogens with one attached hydrogen (secondary N) is 1. The zero-order valence-electron chi connectivity index (χ0n) is 17.9. The number of carbonyl (C=O) groups is 1. The van der Waals surface area contributed by atoms with E-state index in [1.165, 1.54) is 36.2 Å². The van der Waals surface area contributed by atoms with Crippen molar-refractivity contribution in [3.8, 4) is 0 Å². The lowest BCUT2D eigenvalue weighted by atomic mass is 9.74. The van der Waals surface area contributed by atoms with Crippen LogP contribution in [0, 0.1) is 0 Å². The maximum atomic E-state index is 13.0. The van der Waals surface area contributed by atoms with E-state index in [1.807, 2.05) is 35.0 Å². The van der Waals surface area contributed by atoms with Crippen molar-refractivity contribution >= 4 is 22.4 Å². The maximum absolute atomic E-state index is 13.0. The van der Waals surface area contributed by atoms with Crippen molar-refractivity contribution in [1.82, 2.24) is 14.5 Å². The fourth-order valence-corrected chi connectivity index (χ4v) is 5.47. The molecule has 0 radical (unpaired) electrons. The average molecular weight is 443 g/mol. The van der Waals surface area contributed by atoms with Gasteiger partial charge in [0.25, 0.3) is 5.91 Å². The van der Waals surface area contributed by atoms with Gasteiger partial charge in [-0.2, -0.15) is 0 Å². The van der Waals surface area contributed by atoms with Crippen molar-refractivity contribution in [2.75, 3.05) is 5.32 Å². The number of rotatable bonds is 6. The first-order chi connectivity index (χ1) is 15.8. The van der Waals surface area contributed by atoms with Crippen LogP contribution in [0.15, 0.2) is 78.6 Å². The van der Waals surface area contributed by atoms with Crippen LogP contribution in [0.2, 0.25) is 0 Å². The van der Waals surface area contributed by atoms with Gasteiger partial charge >= 0.3 is 0 Å². The minimum absolute atomic E-state index is 0.131. The molecular weight excluding hydrogens is 416 g/mol. The second-order valence-corrected chi connectivity index (χ2v) is 9.17. The Labute approximate surface area is 192 Å². The van der Waals surface area contributed by atoms with Gasteiger partial charge in [-0.1, -0.05) is 43.2 Å². The number of hydrogen-bond donors (Lipinski definition) is 1. The lowest BCUT2D eigenvalue weighted by Gasteiger charge is -2.30. The SMILES string of the molecule is O=C(Nc1nc([C@@H]2CCCC[C@@H]2c2ccccc2)cs1)c1cccn1Cc1ccncc1.